The van der Waals surface area contributed by atoms with Crippen LogP contribution in [0.15, 0.2) is 84.0 Å². The minimum absolute atomic E-state index is 0.00755. The number of nitrogens with zero attached hydrogens (tertiary/aromatic N) is 4. The molecule has 214 valence electrons. The topological polar surface area (TPSA) is 94.0 Å². The van der Waals surface area contributed by atoms with Gasteiger partial charge in [0.2, 0.25) is 0 Å². The van der Waals surface area contributed by atoms with Crippen LogP contribution in [-0.2, 0) is 16.6 Å². The summed E-state index contributed by atoms with van der Waals surface area (Å²) in [6.45, 7) is -0.386. The standard InChI is InChI=1S/C29H21F3N4O5S/c1-40-22-14-23(41-2)25(32)27(24(22)31)34-16-17-15-33-28-19(12-13-35(28)42(38,39)18-8-4-3-5-9-18)26(17)36(29(34)37)21-11-7-6-10-20(21)30/h3-15H,16H2,1-2H3. The van der Waals surface area contributed by atoms with Crippen molar-refractivity contribution in [2.24, 2.45) is 0 Å². The van der Waals surface area contributed by atoms with Crippen LogP contribution in [0.5, 0.6) is 11.5 Å². The summed E-state index contributed by atoms with van der Waals surface area (Å²) >= 11 is 0. The number of rotatable bonds is 6. The van der Waals surface area contributed by atoms with E-state index < -0.39 is 39.2 Å². The summed E-state index contributed by atoms with van der Waals surface area (Å²) in [5.41, 5.74) is -0.645. The van der Waals surface area contributed by atoms with Crippen molar-refractivity contribution in [1.29, 1.82) is 0 Å². The maximum atomic E-state index is 15.5. The van der Waals surface area contributed by atoms with Crippen molar-refractivity contribution in [3.05, 3.63) is 102 Å². The summed E-state index contributed by atoms with van der Waals surface area (Å²) in [6, 6.07) is 14.5. The monoisotopic (exact) mass is 594 g/mol. The highest BCUT2D eigenvalue weighted by Crippen LogP contribution is 2.45. The number of fused-ring (bicyclic) bond motifs is 3. The molecule has 9 nitrogen and oxygen atoms in total. The second-order valence-corrected chi connectivity index (χ2v) is 11.0. The van der Waals surface area contributed by atoms with Crippen LogP contribution in [0.25, 0.3) is 11.0 Å². The smallest absolute Gasteiger partial charge is 0.334 e. The number of carbonyl (C=O) groups excluding carboxylic acids is 1. The number of carbonyl (C=O) groups is 1. The zero-order valence-electron chi connectivity index (χ0n) is 22.1. The number of ether oxygens (including phenoxy) is 2. The SMILES string of the molecule is COc1cc(OC)c(F)c(N2Cc3cnc4c(ccn4S(=O)(=O)c4ccccc4)c3N(c3ccccc3F)C2=O)c1F. The Kier molecular flexibility index (Phi) is 6.53. The first-order chi connectivity index (χ1) is 20.2. The van der Waals surface area contributed by atoms with Crippen molar-refractivity contribution in [1.82, 2.24) is 8.96 Å². The molecule has 0 atom stereocenters. The number of hydrogen-bond donors (Lipinski definition) is 0. The average molecular weight is 595 g/mol. The Hall–Kier alpha value is -5.04. The summed E-state index contributed by atoms with van der Waals surface area (Å²) in [6.07, 6.45) is 2.57. The summed E-state index contributed by atoms with van der Waals surface area (Å²) in [5.74, 6) is -3.90. The summed E-state index contributed by atoms with van der Waals surface area (Å²) in [4.78, 5) is 20.2. The van der Waals surface area contributed by atoms with E-state index in [0.717, 1.165) is 25.9 Å². The first kappa shape index (κ1) is 27.1. The van der Waals surface area contributed by atoms with Gasteiger partial charge in [-0.15, -0.1) is 0 Å². The summed E-state index contributed by atoms with van der Waals surface area (Å²) in [5, 5.41) is 0.201. The molecule has 0 spiro atoms. The molecule has 6 rings (SSSR count). The average Bonchev–Trinajstić information content (AvgIpc) is 3.44. The number of halogens is 3. The lowest BCUT2D eigenvalue weighted by atomic mass is 10.1. The normalized spacial score (nSPS) is 13.4. The highest BCUT2D eigenvalue weighted by molar-refractivity contribution is 7.90. The molecule has 2 amide bonds. The van der Waals surface area contributed by atoms with E-state index in [1.807, 2.05) is 0 Å². The Morgan fingerprint density at radius 1 is 0.857 bits per heavy atom. The van der Waals surface area contributed by atoms with Crippen molar-refractivity contribution in [2.75, 3.05) is 24.0 Å². The maximum Gasteiger partial charge on any atom is 0.334 e. The predicted molar refractivity (Wildman–Crippen MR) is 148 cm³/mol. The number of amides is 2. The molecule has 0 bridgehead atoms. The van der Waals surface area contributed by atoms with Gasteiger partial charge in [0, 0.05) is 29.4 Å². The van der Waals surface area contributed by atoms with Gasteiger partial charge in [0.1, 0.15) is 11.5 Å². The van der Waals surface area contributed by atoms with Crippen molar-refractivity contribution in [3.63, 3.8) is 0 Å². The van der Waals surface area contributed by atoms with Crippen LogP contribution >= 0.6 is 0 Å². The molecule has 5 aromatic rings. The van der Waals surface area contributed by atoms with Crippen LogP contribution in [0.4, 0.5) is 35.0 Å². The molecule has 0 radical (unpaired) electrons. The van der Waals surface area contributed by atoms with Gasteiger partial charge < -0.3 is 9.47 Å². The van der Waals surface area contributed by atoms with Crippen LogP contribution in [0, 0.1) is 17.5 Å². The Bertz CT molecular complexity index is 1950. The Morgan fingerprint density at radius 3 is 2.14 bits per heavy atom. The van der Waals surface area contributed by atoms with Gasteiger partial charge in [0.05, 0.1) is 37.0 Å². The largest absolute Gasteiger partial charge is 0.493 e. The van der Waals surface area contributed by atoms with E-state index >= 15 is 13.2 Å². The van der Waals surface area contributed by atoms with Crippen molar-refractivity contribution < 1.29 is 35.9 Å². The minimum Gasteiger partial charge on any atom is -0.493 e. The molecule has 1 aliphatic rings. The van der Waals surface area contributed by atoms with E-state index in [-0.39, 0.29) is 50.9 Å². The second kappa shape index (κ2) is 10.1. The molecular formula is C29H21F3N4O5S. The van der Waals surface area contributed by atoms with Gasteiger partial charge in [-0.2, -0.15) is 0 Å². The first-order valence-electron chi connectivity index (χ1n) is 12.4. The fourth-order valence-corrected chi connectivity index (χ4v) is 6.29. The summed E-state index contributed by atoms with van der Waals surface area (Å²) < 4.78 is 84.3. The minimum atomic E-state index is -4.09. The number of benzene rings is 3. The van der Waals surface area contributed by atoms with Crippen LogP contribution in [-0.4, -0.2) is 37.6 Å². The maximum absolute atomic E-state index is 15.5. The molecule has 42 heavy (non-hydrogen) atoms. The zero-order valence-corrected chi connectivity index (χ0v) is 22.9. The first-order valence-corrected chi connectivity index (χ1v) is 13.9. The van der Waals surface area contributed by atoms with E-state index in [1.54, 1.807) is 18.2 Å². The van der Waals surface area contributed by atoms with Gasteiger partial charge in [-0.25, -0.2) is 35.3 Å². The van der Waals surface area contributed by atoms with Crippen LogP contribution in [0.3, 0.4) is 0 Å². The predicted octanol–water partition coefficient (Wildman–Crippen LogP) is 5.99. The molecule has 0 fully saturated rings. The lowest BCUT2D eigenvalue weighted by molar-refractivity contribution is 0.251. The molecule has 0 aliphatic carbocycles. The van der Waals surface area contributed by atoms with E-state index in [4.69, 9.17) is 9.47 Å². The zero-order chi connectivity index (χ0) is 29.8. The highest BCUT2D eigenvalue weighted by atomic mass is 32.2. The molecule has 0 N–H and O–H groups in total. The Balaban J connectivity index is 1.61. The van der Waals surface area contributed by atoms with Crippen LogP contribution in [0.1, 0.15) is 5.56 Å². The fourth-order valence-electron chi connectivity index (χ4n) is 4.97. The molecule has 13 heteroatoms. The van der Waals surface area contributed by atoms with E-state index in [1.165, 1.54) is 63.0 Å². The number of aromatic nitrogens is 2. The van der Waals surface area contributed by atoms with Gasteiger partial charge in [-0.1, -0.05) is 30.3 Å². The van der Waals surface area contributed by atoms with Gasteiger partial charge >= 0.3 is 6.03 Å². The number of pyridine rings is 1. The van der Waals surface area contributed by atoms with Crippen LogP contribution in [0.2, 0.25) is 0 Å². The molecule has 0 saturated heterocycles. The third-order valence-corrected chi connectivity index (χ3v) is 8.60. The van der Waals surface area contributed by atoms with Gasteiger partial charge in [-0.05, 0) is 30.3 Å². The fraction of sp³-hybridized carbons (Fsp3) is 0.103. The number of urea groups is 1. The van der Waals surface area contributed by atoms with Gasteiger partial charge in [0.15, 0.2) is 28.8 Å². The molecule has 0 saturated carbocycles. The molecular weight excluding hydrogens is 573 g/mol. The van der Waals surface area contributed by atoms with E-state index in [0.29, 0.717) is 0 Å². The van der Waals surface area contributed by atoms with Crippen molar-refractivity contribution in [2.45, 2.75) is 11.4 Å². The molecule has 3 aromatic carbocycles. The lowest BCUT2D eigenvalue weighted by Gasteiger charge is -2.37. The second-order valence-electron chi connectivity index (χ2n) is 9.21. The number of methoxy groups -OCH3 is 2. The Labute approximate surface area is 238 Å². The van der Waals surface area contributed by atoms with Crippen LogP contribution < -0.4 is 19.3 Å². The number of para-hydroxylation sites is 1. The molecule has 0 unspecified atom stereocenters. The lowest BCUT2D eigenvalue weighted by Crippen LogP contribution is -2.46. The molecule has 3 heterocycles. The van der Waals surface area contributed by atoms with E-state index in [2.05, 4.69) is 4.98 Å². The molecule has 1 aliphatic heterocycles. The van der Waals surface area contributed by atoms with Gasteiger partial charge in [0.25, 0.3) is 10.0 Å². The quantitative estimate of drug-likeness (QED) is 0.240. The van der Waals surface area contributed by atoms with Crippen molar-refractivity contribution in [3.8, 4) is 11.5 Å². The third-order valence-electron chi connectivity index (χ3n) is 6.92. The number of hydrogen-bond acceptors (Lipinski definition) is 6. The number of anilines is 3. The van der Waals surface area contributed by atoms with E-state index in [9.17, 15) is 13.2 Å². The molecule has 2 aromatic heterocycles. The van der Waals surface area contributed by atoms with Crippen molar-refractivity contribution >= 4 is 44.1 Å². The Morgan fingerprint density at radius 2 is 1.50 bits per heavy atom. The summed E-state index contributed by atoms with van der Waals surface area (Å²) in [7, 11) is -1.75. The highest BCUT2D eigenvalue weighted by Gasteiger charge is 2.40. The van der Waals surface area contributed by atoms with Gasteiger partial charge in [-0.3, -0.25) is 9.80 Å². The third kappa shape index (κ3) is 4.04.